The van der Waals surface area contributed by atoms with E-state index in [1.807, 2.05) is 0 Å². The first-order valence-corrected chi connectivity index (χ1v) is 7.46. The molecule has 0 aliphatic carbocycles. The van der Waals surface area contributed by atoms with Crippen molar-refractivity contribution in [1.82, 2.24) is 15.1 Å². The molecule has 0 radical (unpaired) electrons. The smallest absolute Gasteiger partial charge is 0.236 e. The number of hydrogen-bond donors (Lipinski definition) is 1. The summed E-state index contributed by atoms with van der Waals surface area (Å²) in [7, 11) is 0. The predicted molar refractivity (Wildman–Crippen MR) is 73.5 cm³/mol. The minimum Gasteiger partial charge on any atom is -0.342 e. The molecule has 1 unspecified atom stereocenters. The molecule has 1 amide bonds. The van der Waals surface area contributed by atoms with E-state index in [1.54, 1.807) is 0 Å². The van der Waals surface area contributed by atoms with Gasteiger partial charge in [0.2, 0.25) is 5.91 Å². The van der Waals surface area contributed by atoms with Gasteiger partial charge in [-0.2, -0.15) is 0 Å². The second-order valence-corrected chi connectivity index (χ2v) is 5.80. The molecular weight excluding hydrogens is 226 g/mol. The zero-order valence-electron chi connectivity index (χ0n) is 11.7. The van der Waals surface area contributed by atoms with Gasteiger partial charge in [-0.1, -0.05) is 6.92 Å². The molecule has 2 aliphatic heterocycles. The van der Waals surface area contributed by atoms with Gasteiger partial charge in [0.25, 0.3) is 0 Å². The van der Waals surface area contributed by atoms with Gasteiger partial charge in [0.1, 0.15) is 0 Å². The molecule has 18 heavy (non-hydrogen) atoms. The summed E-state index contributed by atoms with van der Waals surface area (Å²) in [6.45, 7) is 9.03. The topological polar surface area (TPSA) is 35.6 Å². The predicted octanol–water partition coefficient (Wildman–Crippen LogP) is 0.930. The lowest BCUT2D eigenvalue weighted by molar-refractivity contribution is -0.132. The van der Waals surface area contributed by atoms with Crippen molar-refractivity contribution in [2.75, 3.05) is 45.8 Å². The lowest BCUT2D eigenvalue weighted by atomic mass is 10.0. The standard InChI is InChI=1S/C14H27N3O/c1-13-4-2-9-17(10-5-13)14(18)12-16-8-3-6-15-7-11-16/h13,15H,2-12H2,1H3. The van der Waals surface area contributed by atoms with E-state index in [-0.39, 0.29) is 0 Å². The Hall–Kier alpha value is -0.610. The van der Waals surface area contributed by atoms with Crippen LogP contribution in [0.2, 0.25) is 0 Å². The summed E-state index contributed by atoms with van der Waals surface area (Å²) >= 11 is 0. The fourth-order valence-corrected chi connectivity index (χ4v) is 2.86. The van der Waals surface area contributed by atoms with Crippen molar-refractivity contribution in [3.05, 3.63) is 0 Å². The summed E-state index contributed by atoms with van der Waals surface area (Å²) in [4.78, 5) is 16.7. The molecule has 0 aromatic heterocycles. The van der Waals surface area contributed by atoms with Crippen LogP contribution in [0.15, 0.2) is 0 Å². The Balaban J connectivity index is 1.78. The monoisotopic (exact) mass is 253 g/mol. The van der Waals surface area contributed by atoms with Crippen molar-refractivity contribution in [2.24, 2.45) is 5.92 Å². The fourth-order valence-electron chi connectivity index (χ4n) is 2.86. The van der Waals surface area contributed by atoms with E-state index in [0.717, 1.165) is 51.6 Å². The Morgan fingerprint density at radius 3 is 2.89 bits per heavy atom. The highest BCUT2D eigenvalue weighted by Gasteiger charge is 2.20. The maximum Gasteiger partial charge on any atom is 0.236 e. The average Bonchev–Trinajstić information content (AvgIpc) is 2.72. The largest absolute Gasteiger partial charge is 0.342 e. The highest BCUT2D eigenvalue weighted by atomic mass is 16.2. The lowest BCUT2D eigenvalue weighted by Crippen LogP contribution is -2.42. The highest BCUT2D eigenvalue weighted by molar-refractivity contribution is 5.78. The number of likely N-dealkylation sites (tertiary alicyclic amines) is 1. The van der Waals surface area contributed by atoms with Crippen LogP contribution in [-0.2, 0) is 4.79 Å². The van der Waals surface area contributed by atoms with Gasteiger partial charge in [0, 0.05) is 26.2 Å². The third kappa shape index (κ3) is 4.25. The number of carbonyl (C=O) groups excluding carboxylic acids is 1. The molecule has 2 heterocycles. The molecule has 1 N–H and O–H groups in total. The molecule has 0 spiro atoms. The van der Waals surface area contributed by atoms with Crippen LogP contribution in [0, 0.1) is 5.92 Å². The van der Waals surface area contributed by atoms with Gasteiger partial charge in [0.05, 0.1) is 6.54 Å². The molecular formula is C14H27N3O. The second-order valence-electron chi connectivity index (χ2n) is 5.80. The molecule has 0 bridgehead atoms. The van der Waals surface area contributed by atoms with Crippen molar-refractivity contribution >= 4 is 5.91 Å². The zero-order chi connectivity index (χ0) is 12.8. The summed E-state index contributed by atoms with van der Waals surface area (Å²) in [6.07, 6.45) is 4.78. The molecule has 4 heteroatoms. The van der Waals surface area contributed by atoms with E-state index in [2.05, 4.69) is 22.0 Å². The van der Waals surface area contributed by atoms with E-state index in [9.17, 15) is 4.79 Å². The van der Waals surface area contributed by atoms with Gasteiger partial charge in [-0.25, -0.2) is 0 Å². The van der Waals surface area contributed by atoms with Crippen LogP contribution in [0.5, 0.6) is 0 Å². The summed E-state index contributed by atoms with van der Waals surface area (Å²) in [6, 6.07) is 0. The first kappa shape index (κ1) is 13.8. The molecule has 2 fully saturated rings. The maximum atomic E-state index is 12.3. The summed E-state index contributed by atoms with van der Waals surface area (Å²) in [5.74, 6) is 1.12. The van der Waals surface area contributed by atoms with Crippen LogP contribution in [0.25, 0.3) is 0 Å². The van der Waals surface area contributed by atoms with E-state index in [4.69, 9.17) is 0 Å². The molecule has 0 aromatic rings. The molecule has 1 atom stereocenters. The Morgan fingerprint density at radius 2 is 2.00 bits per heavy atom. The van der Waals surface area contributed by atoms with Crippen LogP contribution < -0.4 is 5.32 Å². The number of nitrogens with zero attached hydrogens (tertiary/aromatic N) is 2. The first-order chi connectivity index (χ1) is 8.75. The quantitative estimate of drug-likeness (QED) is 0.795. The van der Waals surface area contributed by atoms with E-state index >= 15 is 0 Å². The SMILES string of the molecule is CC1CCCN(C(=O)CN2CCCNCC2)CC1. The van der Waals surface area contributed by atoms with Crippen LogP contribution in [0.3, 0.4) is 0 Å². The maximum absolute atomic E-state index is 12.3. The highest BCUT2D eigenvalue weighted by Crippen LogP contribution is 2.16. The molecule has 2 saturated heterocycles. The molecule has 0 saturated carbocycles. The minimum absolute atomic E-state index is 0.339. The van der Waals surface area contributed by atoms with Crippen LogP contribution in [-0.4, -0.2) is 61.5 Å². The van der Waals surface area contributed by atoms with Gasteiger partial charge in [0.15, 0.2) is 0 Å². The van der Waals surface area contributed by atoms with E-state index < -0.39 is 0 Å². The average molecular weight is 253 g/mol. The Kier molecular flexibility index (Phi) is 5.45. The van der Waals surface area contributed by atoms with Gasteiger partial charge in [-0.3, -0.25) is 9.69 Å². The third-order valence-corrected chi connectivity index (χ3v) is 4.16. The number of nitrogens with one attached hydrogen (secondary N) is 1. The first-order valence-electron chi connectivity index (χ1n) is 7.46. The van der Waals surface area contributed by atoms with Crippen molar-refractivity contribution in [2.45, 2.75) is 32.6 Å². The summed E-state index contributed by atoms with van der Waals surface area (Å²) < 4.78 is 0. The normalized spacial score (nSPS) is 27.6. The molecule has 104 valence electrons. The Labute approximate surface area is 111 Å². The van der Waals surface area contributed by atoms with Crippen LogP contribution in [0.1, 0.15) is 32.6 Å². The molecule has 2 aliphatic rings. The van der Waals surface area contributed by atoms with Crippen LogP contribution in [0.4, 0.5) is 0 Å². The van der Waals surface area contributed by atoms with E-state index in [1.165, 1.54) is 19.3 Å². The number of carbonyl (C=O) groups is 1. The van der Waals surface area contributed by atoms with Gasteiger partial charge in [-0.05, 0) is 44.7 Å². The minimum atomic E-state index is 0.339. The van der Waals surface area contributed by atoms with E-state index in [0.29, 0.717) is 12.5 Å². The number of hydrogen-bond acceptors (Lipinski definition) is 3. The number of rotatable bonds is 2. The lowest BCUT2D eigenvalue weighted by Gasteiger charge is -2.25. The molecule has 4 nitrogen and oxygen atoms in total. The van der Waals surface area contributed by atoms with Crippen LogP contribution >= 0.6 is 0 Å². The summed E-state index contributed by atoms with van der Waals surface area (Å²) in [5, 5.41) is 3.38. The fraction of sp³-hybridized carbons (Fsp3) is 0.929. The molecule has 2 rings (SSSR count). The summed E-state index contributed by atoms with van der Waals surface area (Å²) in [5.41, 5.74) is 0. The molecule has 0 aromatic carbocycles. The van der Waals surface area contributed by atoms with Gasteiger partial charge in [-0.15, -0.1) is 0 Å². The van der Waals surface area contributed by atoms with Gasteiger partial charge >= 0.3 is 0 Å². The second kappa shape index (κ2) is 7.10. The Morgan fingerprint density at radius 1 is 1.11 bits per heavy atom. The van der Waals surface area contributed by atoms with Crippen molar-refractivity contribution < 1.29 is 4.79 Å². The Bertz CT molecular complexity index is 262. The van der Waals surface area contributed by atoms with Crippen molar-refractivity contribution in [3.8, 4) is 0 Å². The number of amides is 1. The van der Waals surface area contributed by atoms with Gasteiger partial charge < -0.3 is 10.2 Å². The third-order valence-electron chi connectivity index (χ3n) is 4.16. The van der Waals surface area contributed by atoms with Crippen molar-refractivity contribution in [3.63, 3.8) is 0 Å². The zero-order valence-corrected chi connectivity index (χ0v) is 11.7. The van der Waals surface area contributed by atoms with Crippen molar-refractivity contribution in [1.29, 1.82) is 0 Å².